The Morgan fingerprint density at radius 1 is 1.43 bits per heavy atom. The van der Waals surface area contributed by atoms with Gasteiger partial charge in [0.2, 0.25) is 0 Å². The Morgan fingerprint density at radius 3 is 2.93 bits per heavy atom. The lowest BCUT2D eigenvalue weighted by Crippen LogP contribution is -2.09. The Balaban J connectivity index is 2.61. The van der Waals surface area contributed by atoms with Gasteiger partial charge in [0.25, 0.3) is 0 Å². The number of hydrogen-bond acceptors (Lipinski definition) is 2. The number of halogens is 1. The van der Waals surface area contributed by atoms with Crippen LogP contribution in [0.5, 0.6) is 0 Å². The summed E-state index contributed by atoms with van der Waals surface area (Å²) in [4.78, 5) is 0. The van der Waals surface area contributed by atoms with E-state index in [1.807, 2.05) is 18.2 Å². The molecule has 0 aliphatic heterocycles. The predicted molar refractivity (Wildman–Crippen MR) is 58.7 cm³/mol. The fourth-order valence-electron chi connectivity index (χ4n) is 1.53. The molecule has 1 aromatic heterocycles. The van der Waals surface area contributed by atoms with E-state index in [1.165, 1.54) is 0 Å². The second-order valence-corrected chi connectivity index (χ2v) is 3.82. The summed E-state index contributed by atoms with van der Waals surface area (Å²) < 4.78 is 5.25. The smallest absolute Gasteiger partial charge is 0.135 e. The van der Waals surface area contributed by atoms with Gasteiger partial charge in [0.05, 0.1) is 11.3 Å². The summed E-state index contributed by atoms with van der Waals surface area (Å²) in [5.74, 6) is 0.279. The third kappa shape index (κ3) is 1.41. The van der Waals surface area contributed by atoms with Crippen molar-refractivity contribution in [1.29, 1.82) is 0 Å². The van der Waals surface area contributed by atoms with Gasteiger partial charge in [0.1, 0.15) is 5.58 Å². The van der Waals surface area contributed by atoms with E-state index in [2.05, 4.69) is 6.92 Å². The molecule has 0 radical (unpaired) electrons. The van der Waals surface area contributed by atoms with Crippen molar-refractivity contribution in [3.05, 3.63) is 35.0 Å². The van der Waals surface area contributed by atoms with Gasteiger partial charge in [-0.2, -0.15) is 0 Å². The molecule has 0 amide bonds. The van der Waals surface area contributed by atoms with Crippen molar-refractivity contribution >= 4 is 22.6 Å². The van der Waals surface area contributed by atoms with Crippen LogP contribution in [0.25, 0.3) is 11.0 Å². The summed E-state index contributed by atoms with van der Waals surface area (Å²) in [5, 5.41) is 1.72. The Kier molecular flexibility index (Phi) is 2.48. The van der Waals surface area contributed by atoms with Crippen LogP contribution in [0, 0.1) is 0 Å². The van der Waals surface area contributed by atoms with E-state index in [-0.39, 0.29) is 5.92 Å². The van der Waals surface area contributed by atoms with Gasteiger partial charge in [-0.15, -0.1) is 0 Å². The Hall–Kier alpha value is -0.990. The maximum absolute atomic E-state index is 6.24. The summed E-state index contributed by atoms with van der Waals surface area (Å²) in [5.41, 5.74) is 7.52. The number of furan rings is 1. The van der Waals surface area contributed by atoms with Crippen LogP contribution in [0.15, 0.2) is 28.9 Å². The molecular weight excluding hydrogens is 198 g/mol. The fraction of sp³-hybridized carbons (Fsp3) is 0.273. The molecule has 2 N–H and O–H groups in total. The highest BCUT2D eigenvalue weighted by Gasteiger charge is 2.11. The normalized spacial score (nSPS) is 13.4. The minimum absolute atomic E-state index is 0.279. The van der Waals surface area contributed by atoms with E-state index >= 15 is 0 Å². The molecule has 1 heterocycles. The van der Waals surface area contributed by atoms with Crippen molar-refractivity contribution in [3.8, 4) is 0 Å². The van der Waals surface area contributed by atoms with Gasteiger partial charge in [-0.3, -0.25) is 0 Å². The third-order valence-corrected chi connectivity index (χ3v) is 2.91. The lowest BCUT2D eigenvalue weighted by molar-refractivity contribution is 0.615. The van der Waals surface area contributed by atoms with Crippen LogP contribution in [0.1, 0.15) is 18.4 Å². The van der Waals surface area contributed by atoms with E-state index in [0.717, 1.165) is 21.6 Å². The maximum atomic E-state index is 6.24. The zero-order valence-corrected chi connectivity index (χ0v) is 8.71. The van der Waals surface area contributed by atoms with Crippen molar-refractivity contribution in [2.24, 2.45) is 5.73 Å². The summed E-state index contributed by atoms with van der Waals surface area (Å²) in [6.45, 7) is 2.66. The summed E-state index contributed by atoms with van der Waals surface area (Å²) >= 11 is 6.24. The highest BCUT2D eigenvalue weighted by Crippen LogP contribution is 2.31. The summed E-state index contributed by atoms with van der Waals surface area (Å²) in [6, 6.07) is 5.79. The number of nitrogens with two attached hydrogens (primary N) is 1. The summed E-state index contributed by atoms with van der Waals surface area (Å²) in [6.07, 6.45) is 1.65. The predicted octanol–water partition coefficient (Wildman–Crippen LogP) is 3.15. The first-order valence-electron chi connectivity index (χ1n) is 4.59. The number of hydrogen-bond donors (Lipinski definition) is 1. The third-order valence-electron chi connectivity index (χ3n) is 2.48. The van der Waals surface area contributed by atoms with Crippen molar-refractivity contribution < 1.29 is 4.42 Å². The van der Waals surface area contributed by atoms with Gasteiger partial charge in [0.15, 0.2) is 0 Å². The molecule has 1 unspecified atom stereocenters. The molecule has 2 aromatic rings. The van der Waals surface area contributed by atoms with Crippen molar-refractivity contribution in [2.75, 3.05) is 6.54 Å². The molecule has 2 rings (SSSR count). The molecule has 2 nitrogen and oxygen atoms in total. The van der Waals surface area contributed by atoms with Crippen LogP contribution in [-0.2, 0) is 0 Å². The topological polar surface area (TPSA) is 39.2 Å². The minimum atomic E-state index is 0.279. The number of benzene rings is 1. The molecule has 3 heteroatoms. The van der Waals surface area contributed by atoms with E-state index in [9.17, 15) is 0 Å². The molecule has 0 fully saturated rings. The standard InChI is InChI=1S/C11H12ClNO/c1-7(6-13)8-2-3-10-9(11(8)12)4-5-14-10/h2-5,7H,6,13H2,1H3. The minimum Gasteiger partial charge on any atom is -0.464 e. The quantitative estimate of drug-likeness (QED) is 0.826. The van der Waals surface area contributed by atoms with Gasteiger partial charge in [-0.1, -0.05) is 24.6 Å². The molecule has 14 heavy (non-hydrogen) atoms. The molecule has 0 aliphatic carbocycles. The van der Waals surface area contributed by atoms with Crippen LogP contribution >= 0.6 is 11.6 Å². The zero-order chi connectivity index (χ0) is 10.1. The zero-order valence-electron chi connectivity index (χ0n) is 7.96. The van der Waals surface area contributed by atoms with Gasteiger partial charge < -0.3 is 10.2 Å². The van der Waals surface area contributed by atoms with Crippen LogP contribution in [0.2, 0.25) is 5.02 Å². The molecule has 0 saturated heterocycles. The Bertz CT molecular complexity index is 449. The molecule has 1 atom stereocenters. The van der Waals surface area contributed by atoms with Gasteiger partial charge in [-0.25, -0.2) is 0 Å². The van der Waals surface area contributed by atoms with Gasteiger partial charge >= 0.3 is 0 Å². The van der Waals surface area contributed by atoms with Crippen LogP contribution in [0.3, 0.4) is 0 Å². The Labute approximate surface area is 87.6 Å². The molecular formula is C11H12ClNO. The second kappa shape index (κ2) is 3.64. The van der Waals surface area contributed by atoms with Crippen molar-refractivity contribution in [3.63, 3.8) is 0 Å². The van der Waals surface area contributed by atoms with Crippen LogP contribution in [-0.4, -0.2) is 6.54 Å². The van der Waals surface area contributed by atoms with Gasteiger partial charge in [0, 0.05) is 5.39 Å². The lowest BCUT2D eigenvalue weighted by atomic mass is 10.00. The first-order valence-corrected chi connectivity index (χ1v) is 4.97. The SMILES string of the molecule is CC(CN)c1ccc2occc2c1Cl. The first-order chi connectivity index (χ1) is 6.74. The van der Waals surface area contributed by atoms with Gasteiger partial charge in [-0.05, 0) is 30.2 Å². The summed E-state index contributed by atoms with van der Waals surface area (Å²) in [7, 11) is 0. The highest BCUT2D eigenvalue weighted by molar-refractivity contribution is 6.36. The van der Waals surface area contributed by atoms with Crippen LogP contribution < -0.4 is 5.73 Å². The Morgan fingerprint density at radius 2 is 2.21 bits per heavy atom. The average Bonchev–Trinajstić information content (AvgIpc) is 2.66. The number of fused-ring (bicyclic) bond motifs is 1. The maximum Gasteiger partial charge on any atom is 0.135 e. The molecule has 0 saturated carbocycles. The second-order valence-electron chi connectivity index (χ2n) is 3.44. The first kappa shape index (κ1) is 9.56. The number of rotatable bonds is 2. The largest absolute Gasteiger partial charge is 0.464 e. The average molecular weight is 210 g/mol. The highest BCUT2D eigenvalue weighted by atomic mass is 35.5. The molecule has 0 spiro atoms. The monoisotopic (exact) mass is 209 g/mol. The molecule has 1 aromatic carbocycles. The van der Waals surface area contributed by atoms with Crippen molar-refractivity contribution in [1.82, 2.24) is 0 Å². The molecule has 74 valence electrons. The molecule has 0 aliphatic rings. The van der Waals surface area contributed by atoms with E-state index in [4.69, 9.17) is 21.8 Å². The van der Waals surface area contributed by atoms with E-state index in [1.54, 1.807) is 6.26 Å². The van der Waals surface area contributed by atoms with E-state index in [0.29, 0.717) is 6.54 Å². The van der Waals surface area contributed by atoms with Crippen LogP contribution in [0.4, 0.5) is 0 Å². The van der Waals surface area contributed by atoms with E-state index < -0.39 is 0 Å². The fourth-order valence-corrected chi connectivity index (χ4v) is 1.94. The lowest BCUT2D eigenvalue weighted by Gasteiger charge is -2.10. The van der Waals surface area contributed by atoms with Crippen molar-refractivity contribution in [2.45, 2.75) is 12.8 Å². The molecule has 0 bridgehead atoms.